The zero-order chi connectivity index (χ0) is 22.4. The third-order valence-corrected chi connectivity index (χ3v) is 5.37. The molecule has 170 valence electrons. The maximum Gasteiger partial charge on any atom is 0.338 e. The minimum absolute atomic E-state index is 0.139. The molecule has 1 aliphatic carbocycles. The van der Waals surface area contributed by atoms with Crippen LogP contribution in [0.25, 0.3) is 0 Å². The van der Waals surface area contributed by atoms with Gasteiger partial charge in [0.1, 0.15) is 24.1 Å². The quantitative estimate of drug-likeness (QED) is 0.444. The maximum absolute atomic E-state index is 12.5. The molecule has 1 aromatic carbocycles. The van der Waals surface area contributed by atoms with E-state index in [2.05, 4.69) is 9.98 Å². The molecule has 1 heterocycles. The molecule has 3 rings (SSSR count). The van der Waals surface area contributed by atoms with Gasteiger partial charge in [-0.3, -0.25) is 4.90 Å². The number of nitrogens with two attached hydrogens (primary N) is 2. The monoisotopic (exact) mass is 433 g/mol. The Morgan fingerprint density at radius 1 is 1.29 bits per heavy atom. The van der Waals surface area contributed by atoms with E-state index in [9.17, 15) is 9.90 Å². The van der Waals surface area contributed by atoms with E-state index in [1.807, 2.05) is 11.8 Å². The van der Waals surface area contributed by atoms with E-state index in [1.54, 1.807) is 18.2 Å². The van der Waals surface area contributed by atoms with Gasteiger partial charge in [0.15, 0.2) is 0 Å². The fourth-order valence-electron chi connectivity index (χ4n) is 3.93. The summed E-state index contributed by atoms with van der Waals surface area (Å²) in [5.41, 5.74) is 12.4. The Morgan fingerprint density at radius 3 is 2.71 bits per heavy atom. The highest BCUT2D eigenvalue weighted by Crippen LogP contribution is 2.43. The predicted octanol–water partition coefficient (Wildman–Crippen LogP) is 1.10. The van der Waals surface area contributed by atoms with Gasteiger partial charge >= 0.3 is 5.97 Å². The van der Waals surface area contributed by atoms with Crippen LogP contribution in [0.5, 0.6) is 5.75 Å². The molecule has 1 saturated carbocycles. The molecule has 0 radical (unpaired) electrons. The van der Waals surface area contributed by atoms with Crippen molar-refractivity contribution < 1.29 is 24.5 Å². The van der Waals surface area contributed by atoms with E-state index < -0.39 is 24.3 Å². The summed E-state index contributed by atoms with van der Waals surface area (Å²) < 4.78 is 11.0. The molecule has 10 nitrogen and oxygen atoms in total. The van der Waals surface area contributed by atoms with Crippen LogP contribution < -0.4 is 21.1 Å². The number of anilines is 1. The molecule has 0 bridgehead atoms. The number of aliphatic hydroxyl groups is 2. The molecule has 2 aliphatic rings. The van der Waals surface area contributed by atoms with E-state index in [-0.39, 0.29) is 24.1 Å². The number of rotatable bonds is 8. The van der Waals surface area contributed by atoms with Gasteiger partial charge in [-0.05, 0) is 50.3 Å². The Labute approximate surface area is 181 Å². The lowest BCUT2D eigenvalue weighted by atomic mass is 9.87. The highest BCUT2D eigenvalue weighted by atomic mass is 16.5. The first-order valence-electron chi connectivity index (χ1n) is 10.6. The summed E-state index contributed by atoms with van der Waals surface area (Å²) in [5.74, 6) is 0.244. The lowest BCUT2D eigenvalue weighted by Crippen LogP contribution is -2.58. The number of aliphatic hydroxyl groups excluding tert-OH is 2. The van der Waals surface area contributed by atoms with E-state index in [0.717, 1.165) is 38.5 Å². The number of benzene rings is 1. The summed E-state index contributed by atoms with van der Waals surface area (Å²) in [7, 11) is 0. The summed E-state index contributed by atoms with van der Waals surface area (Å²) in [4.78, 5) is 23.2. The van der Waals surface area contributed by atoms with E-state index in [1.165, 1.54) is 0 Å². The van der Waals surface area contributed by atoms with Crippen molar-refractivity contribution in [1.82, 2.24) is 0 Å². The van der Waals surface area contributed by atoms with Gasteiger partial charge in [-0.25, -0.2) is 9.79 Å². The van der Waals surface area contributed by atoms with E-state index in [0.29, 0.717) is 18.0 Å². The summed E-state index contributed by atoms with van der Waals surface area (Å²) >= 11 is 0. The molecule has 0 aromatic heterocycles. The third kappa shape index (κ3) is 5.08. The van der Waals surface area contributed by atoms with Crippen molar-refractivity contribution in [2.24, 2.45) is 21.5 Å². The standard InChI is InChI=1S/C21H31N5O5/c1-2-10-30-17-7-6-14(18(29)31-13-15(28)12-27)11-16(17)26-20(23)24-19(22)25-21(26)8-4-3-5-9-21/h6-7,11,15,27-28H,2-5,8-10,12-13H2,1H3,(H4,22,23,24,25). The minimum atomic E-state index is -1.14. The molecule has 1 aliphatic heterocycles. The van der Waals surface area contributed by atoms with Crippen molar-refractivity contribution in [1.29, 1.82) is 0 Å². The number of nitrogens with zero attached hydrogens (tertiary/aromatic N) is 3. The summed E-state index contributed by atoms with van der Waals surface area (Å²) in [5, 5.41) is 18.4. The molecule has 1 fully saturated rings. The number of guanidine groups is 2. The van der Waals surface area contributed by atoms with Crippen LogP contribution in [0.1, 0.15) is 55.8 Å². The molecule has 1 unspecified atom stereocenters. The number of carbonyl (C=O) groups excluding carboxylic acids is 1. The second-order valence-electron chi connectivity index (χ2n) is 7.78. The average Bonchev–Trinajstić information content (AvgIpc) is 2.76. The number of hydrogen-bond acceptors (Lipinski definition) is 10. The number of aliphatic imine (C=N–C) groups is 2. The highest BCUT2D eigenvalue weighted by molar-refractivity contribution is 6.07. The van der Waals surface area contributed by atoms with Crippen LogP contribution in [0.4, 0.5) is 5.69 Å². The van der Waals surface area contributed by atoms with Gasteiger partial charge in [0, 0.05) is 0 Å². The smallest absolute Gasteiger partial charge is 0.338 e. The van der Waals surface area contributed by atoms with Gasteiger partial charge in [-0.15, -0.1) is 0 Å². The molecule has 10 heteroatoms. The van der Waals surface area contributed by atoms with Crippen LogP contribution in [0.3, 0.4) is 0 Å². The van der Waals surface area contributed by atoms with Gasteiger partial charge < -0.3 is 31.2 Å². The topological polar surface area (TPSA) is 156 Å². The number of ether oxygens (including phenoxy) is 2. The second kappa shape index (κ2) is 9.97. The predicted molar refractivity (Wildman–Crippen MR) is 117 cm³/mol. The lowest BCUT2D eigenvalue weighted by molar-refractivity contribution is 0.00933. The zero-order valence-electron chi connectivity index (χ0n) is 17.8. The Kier molecular flexibility index (Phi) is 7.34. The number of esters is 1. The van der Waals surface area contributed by atoms with Crippen LogP contribution in [-0.4, -0.2) is 59.7 Å². The van der Waals surface area contributed by atoms with E-state index >= 15 is 0 Å². The van der Waals surface area contributed by atoms with Crippen LogP contribution in [-0.2, 0) is 4.74 Å². The Bertz CT molecular complexity index is 851. The number of hydrogen-bond donors (Lipinski definition) is 4. The van der Waals surface area contributed by atoms with Gasteiger partial charge in [0.2, 0.25) is 11.9 Å². The molecule has 0 saturated heterocycles. The highest BCUT2D eigenvalue weighted by Gasteiger charge is 2.43. The maximum atomic E-state index is 12.5. The van der Waals surface area contributed by atoms with Gasteiger partial charge in [-0.2, -0.15) is 4.99 Å². The first-order chi connectivity index (χ1) is 14.9. The summed E-state index contributed by atoms with van der Waals surface area (Å²) in [6.07, 6.45) is 4.19. The van der Waals surface area contributed by atoms with E-state index in [4.69, 9.17) is 26.0 Å². The lowest BCUT2D eigenvalue weighted by Gasteiger charge is -2.46. The largest absolute Gasteiger partial charge is 0.491 e. The molecule has 1 spiro atoms. The summed E-state index contributed by atoms with van der Waals surface area (Å²) in [6.45, 7) is 1.69. The number of carbonyl (C=O) groups is 1. The fraction of sp³-hybridized carbons (Fsp3) is 0.571. The van der Waals surface area contributed by atoms with Crippen LogP contribution >= 0.6 is 0 Å². The molecule has 1 aromatic rings. The first kappa shape index (κ1) is 22.8. The third-order valence-electron chi connectivity index (χ3n) is 5.37. The Balaban J connectivity index is 2.01. The zero-order valence-corrected chi connectivity index (χ0v) is 17.8. The van der Waals surface area contributed by atoms with Crippen molar-refractivity contribution in [3.8, 4) is 5.75 Å². The van der Waals surface area contributed by atoms with Crippen LogP contribution in [0.2, 0.25) is 0 Å². The van der Waals surface area contributed by atoms with Gasteiger partial charge in [-0.1, -0.05) is 13.3 Å². The molecule has 31 heavy (non-hydrogen) atoms. The molecule has 0 amide bonds. The SMILES string of the molecule is CCCOc1ccc(C(=O)OCC(O)CO)cc1N1C(N)=NC(N)=NC12CCCCC2. The van der Waals surface area contributed by atoms with Crippen molar-refractivity contribution in [3.63, 3.8) is 0 Å². The summed E-state index contributed by atoms with van der Waals surface area (Å²) in [6, 6.07) is 4.91. The van der Waals surface area contributed by atoms with Crippen molar-refractivity contribution in [2.45, 2.75) is 57.2 Å². The minimum Gasteiger partial charge on any atom is -0.491 e. The van der Waals surface area contributed by atoms with Gasteiger partial charge in [0.25, 0.3) is 0 Å². The molecular formula is C21H31N5O5. The molecule has 1 atom stereocenters. The molecule has 6 N–H and O–H groups in total. The van der Waals surface area contributed by atoms with Crippen LogP contribution in [0, 0.1) is 0 Å². The normalized spacial score (nSPS) is 18.9. The van der Waals surface area contributed by atoms with Crippen molar-refractivity contribution >= 4 is 23.6 Å². The first-order valence-corrected chi connectivity index (χ1v) is 10.6. The fourth-order valence-corrected chi connectivity index (χ4v) is 3.93. The Morgan fingerprint density at radius 2 is 2.03 bits per heavy atom. The van der Waals surface area contributed by atoms with Crippen molar-refractivity contribution in [2.75, 3.05) is 24.7 Å². The molecular weight excluding hydrogens is 402 g/mol. The van der Waals surface area contributed by atoms with Gasteiger partial charge in [0.05, 0.1) is 24.5 Å². The average molecular weight is 434 g/mol. The van der Waals surface area contributed by atoms with Crippen LogP contribution in [0.15, 0.2) is 28.2 Å². The second-order valence-corrected chi connectivity index (χ2v) is 7.78. The van der Waals surface area contributed by atoms with Crippen molar-refractivity contribution in [3.05, 3.63) is 23.8 Å². The Hall–Kier alpha value is -2.85.